The summed E-state index contributed by atoms with van der Waals surface area (Å²) in [5.74, 6) is 0.698. The van der Waals surface area contributed by atoms with Gasteiger partial charge >= 0.3 is 0 Å². The van der Waals surface area contributed by atoms with Crippen molar-refractivity contribution in [1.29, 1.82) is 0 Å². The monoisotopic (exact) mass is 551 g/mol. The maximum atomic E-state index is 10.7. The zero-order chi connectivity index (χ0) is 22.3. The topological polar surface area (TPSA) is 92.3 Å². The molecule has 1 aromatic carbocycles. The van der Waals surface area contributed by atoms with Crippen molar-refractivity contribution in [3.05, 3.63) is 65.7 Å². The summed E-state index contributed by atoms with van der Waals surface area (Å²) in [6.07, 6.45) is 7.47. The standard InChI is InChI=1S/C23H33N7O.HI/c1-5-24-22(26-17-23(3,31)20-14-27-29(4)16-20)25-13-9-10-19-15-30(28-18(19)2)21-11-7-6-8-12-21;/h6-8,11-12,14-16,31H,5,9-10,13,17H2,1-4H3,(H2,24,25,26);1H. The number of para-hydroxylation sites is 1. The molecule has 8 nitrogen and oxygen atoms in total. The quantitative estimate of drug-likeness (QED) is 0.165. The van der Waals surface area contributed by atoms with E-state index in [1.54, 1.807) is 17.8 Å². The van der Waals surface area contributed by atoms with Gasteiger partial charge in [-0.1, -0.05) is 18.2 Å². The van der Waals surface area contributed by atoms with Crippen LogP contribution in [0.4, 0.5) is 0 Å². The number of aryl methyl sites for hydroxylation is 3. The molecule has 0 saturated carbocycles. The van der Waals surface area contributed by atoms with Crippen LogP contribution in [0.1, 0.15) is 37.1 Å². The average molecular weight is 551 g/mol. The number of nitrogens with one attached hydrogen (secondary N) is 2. The van der Waals surface area contributed by atoms with Crippen LogP contribution in [0.5, 0.6) is 0 Å². The van der Waals surface area contributed by atoms with Crippen molar-refractivity contribution in [2.45, 2.75) is 39.2 Å². The largest absolute Gasteiger partial charge is 0.383 e. The van der Waals surface area contributed by atoms with Gasteiger partial charge in [-0.3, -0.25) is 4.68 Å². The highest BCUT2D eigenvalue weighted by Gasteiger charge is 2.24. The van der Waals surface area contributed by atoms with Gasteiger partial charge < -0.3 is 15.7 Å². The van der Waals surface area contributed by atoms with E-state index in [1.165, 1.54) is 5.56 Å². The Morgan fingerprint density at radius 1 is 1.19 bits per heavy atom. The van der Waals surface area contributed by atoms with E-state index in [0.29, 0.717) is 5.96 Å². The molecule has 3 N–H and O–H groups in total. The Hall–Kier alpha value is -2.40. The summed E-state index contributed by atoms with van der Waals surface area (Å²) in [6.45, 7) is 7.61. The first-order valence-electron chi connectivity index (χ1n) is 10.7. The molecule has 9 heteroatoms. The van der Waals surface area contributed by atoms with E-state index < -0.39 is 5.60 Å². The molecule has 0 radical (unpaired) electrons. The lowest BCUT2D eigenvalue weighted by Gasteiger charge is -2.20. The molecule has 0 amide bonds. The summed E-state index contributed by atoms with van der Waals surface area (Å²) in [4.78, 5) is 4.57. The summed E-state index contributed by atoms with van der Waals surface area (Å²) in [7, 11) is 1.83. The van der Waals surface area contributed by atoms with E-state index in [4.69, 9.17) is 0 Å². The van der Waals surface area contributed by atoms with Gasteiger partial charge in [0.25, 0.3) is 0 Å². The number of nitrogens with zero attached hydrogens (tertiary/aromatic N) is 5. The molecule has 0 aliphatic heterocycles. The Bertz CT molecular complexity index is 995. The number of aliphatic hydroxyl groups is 1. The maximum absolute atomic E-state index is 10.7. The van der Waals surface area contributed by atoms with Gasteiger partial charge in [0.2, 0.25) is 0 Å². The lowest BCUT2D eigenvalue weighted by Crippen LogP contribution is -2.39. The fraction of sp³-hybridized carbons (Fsp3) is 0.435. The third kappa shape index (κ3) is 7.06. The lowest BCUT2D eigenvalue weighted by molar-refractivity contribution is 0.0672. The fourth-order valence-electron chi connectivity index (χ4n) is 3.31. The van der Waals surface area contributed by atoms with Crippen molar-refractivity contribution in [1.82, 2.24) is 30.2 Å². The summed E-state index contributed by atoms with van der Waals surface area (Å²) in [5, 5.41) is 26.1. The van der Waals surface area contributed by atoms with E-state index in [2.05, 4.69) is 44.2 Å². The number of rotatable bonds is 9. The molecule has 2 aromatic heterocycles. The van der Waals surface area contributed by atoms with Gasteiger partial charge in [0.15, 0.2) is 5.96 Å². The molecule has 174 valence electrons. The molecule has 3 aromatic rings. The van der Waals surface area contributed by atoms with Crippen LogP contribution in [0.15, 0.2) is 53.9 Å². The minimum atomic E-state index is -1.07. The van der Waals surface area contributed by atoms with Crippen LogP contribution in [0.3, 0.4) is 0 Å². The van der Waals surface area contributed by atoms with Gasteiger partial charge in [-0.2, -0.15) is 10.2 Å². The first kappa shape index (κ1) is 25.9. The molecule has 0 spiro atoms. The minimum Gasteiger partial charge on any atom is -0.383 e. The molecule has 0 aliphatic carbocycles. The van der Waals surface area contributed by atoms with Crippen LogP contribution in [-0.2, 0) is 19.1 Å². The highest BCUT2D eigenvalue weighted by atomic mass is 127. The SMILES string of the molecule is CCNC(=NCC(C)(O)c1cnn(C)c1)NCCCc1cn(-c2ccccc2)nc1C.I. The van der Waals surface area contributed by atoms with Crippen LogP contribution >= 0.6 is 24.0 Å². The van der Waals surface area contributed by atoms with Gasteiger partial charge in [-0.05, 0) is 51.3 Å². The van der Waals surface area contributed by atoms with Crippen molar-refractivity contribution in [3.63, 3.8) is 0 Å². The summed E-state index contributed by atoms with van der Waals surface area (Å²) < 4.78 is 3.61. The highest BCUT2D eigenvalue weighted by molar-refractivity contribution is 14.0. The highest BCUT2D eigenvalue weighted by Crippen LogP contribution is 2.19. The molecule has 2 heterocycles. The van der Waals surface area contributed by atoms with Crippen molar-refractivity contribution < 1.29 is 5.11 Å². The van der Waals surface area contributed by atoms with Crippen molar-refractivity contribution in [3.8, 4) is 5.69 Å². The van der Waals surface area contributed by atoms with E-state index in [1.807, 2.05) is 50.0 Å². The number of benzene rings is 1. The number of halogens is 1. The van der Waals surface area contributed by atoms with Crippen molar-refractivity contribution >= 4 is 29.9 Å². The molecule has 1 atom stereocenters. The second kappa shape index (κ2) is 12.0. The molecule has 0 fully saturated rings. The van der Waals surface area contributed by atoms with Gasteiger partial charge in [-0.15, -0.1) is 24.0 Å². The Morgan fingerprint density at radius 3 is 2.59 bits per heavy atom. The Morgan fingerprint density at radius 2 is 1.94 bits per heavy atom. The van der Waals surface area contributed by atoms with Crippen molar-refractivity contribution in [2.75, 3.05) is 19.6 Å². The lowest BCUT2D eigenvalue weighted by atomic mass is 10.0. The van der Waals surface area contributed by atoms with Crippen LogP contribution in [-0.4, -0.2) is 50.3 Å². The van der Waals surface area contributed by atoms with Gasteiger partial charge in [0.05, 0.1) is 24.1 Å². The molecular formula is C23H34IN7O. The van der Waals surface area contributed by atoms with Gasteiger partial charge in [-0.25, -0.2) is 9.67 Å². The summed E-state index contributed by atoms with van der Waals surface area (Å²) >= 11 is 0. The number of aliphatic imine (C=N–C) groups is 1. The predicted octanol–water partition coefficient (Wildman–Crippen LogP) is 2.93. The molecule has 0 aliphatic rings. The first-order valence-corrected chi connectivity index (χ1v) is 10.7. The average Bonchev–Trinajstić information content (AvgIpc) is 3.36. The second-order valence-corrected chi connectivity index (χ2v) is 7.92. The zero-order valence-electron chi connectivity index (χ0n) is 19.2. The first-order chi connectivity index (χ1) is 14.9. The molecule has 32 heavy (non-hydrogen) atoms. The number of hydrogen-bond acceptors (Lipinski definition) is 4. The van der Waals surface area contributed by atoms with Crippen LogP contribution in [0.2, 0.25) is 0 Å². The molecule has 1 unspecified atom stereocenters. The number of guanidine groups is 1. The van der Waals surface area contributed by atoms with Gasteiger partial charge in [0.1, 0.15) is 5.60 Å². The Balaban J connectivity index is 0.00000363. The molecule has 3 rings (SSSR count). The minimum absolute atomic E-state index is 0. The van der Waals surface area contributed by atoms with E-state index in [-0.39, 0.29) is 30.5 Å². The van der Waals surface area contributed by atoms with Crippen molar-refractivity contribution in [2.24, 2.45) is 12.0 Å². The van der Waals surface area contributed by atoms with Gasteiger partial charge in [0, 0.05) is 38.1 Å². The Kier molecular flexibility index (Phi) is 9.70. The van der Waals surface area contributed by atoms with Crippen LogP contribution in [0.25, 0.3) is 5.69 Å². The third-order valence-corrected chi connectivity index (χ3v) is 5.15. The second-order valence-electron chi connectivity index (χ2n) is 7.92. The van der Waals surface area contributed by atoms with E-state index in [0.717, 1.165) is 42.9 Å². The third-order valence-electron chi connectivity index (χ3n) is 5.15. The predicted molar refractivity (Wildman–Crippen MR) is 139 cm³/mol. The fourth-order valence-corrected chi connectivity index (χ4v) is 3.31. The summed E-state index contributed by atoms with van der Waals surface area (Å²) in [6, 6.07) is 10.1. The molecular weight excluding hydrogens is 517 g/mol. The maximum Gasteiger partial charge on any atom is 0.191 e. The van der Waals surface area contributed by atoms with E-state index in [9.17, 15) is 5.11 Å². The normalized spacial score (nSPS) is 13.3. The van der Waals surface area contributed by atoms with Crippen LogP contribution in [0, 0.1) is 6.92 Å². The summed E-state index contributed by atoms with van der Waals surface area (Å²) in [5.41, 5.74) is 3.04. The number of hydrogen-bond donors (Lipinski definition) is 3. The smallest absolute Gasteiger partial charge is 0.191 e. The molecule has 0 saturated heterocycles. The number of aromatic nitrogens is 4. The van der Waals surface area contributed by atoms with Crippen LogP contribution < -0.4 is 10.6 Å². The zero-order valence-corrected chi connectivity index (χ0v) is 21.6. The Labute approximate surface area is 207 Å². The van der Waals surface area contributed by atoms with E-state index >= 15 is 0 Å². The molecule has 0 bridgehead atoms.